The first-order chi connectivity index (χ1) is 11.7. The lowest BCUT2D eigenvalue weighted by atomic mass is 9.92. The third-order valence-electron chi connectivity index (χ3n) is 5.09. The number of nitrogens with one attached hydrogen (secondary N) is 2. The largest absolute Gasteiger partial charge is 0.352 e. The van der Waals surface area contributed by atoms with Gasteiger partial charge in [-0.3, -0.25) is 9.89 Å². The van der Waals surface area contributed by atoms with Gasteiger partial charge in [-0.2, -0.15) is 4.98 Å². The summed E-state index contributed by atoms with van der Waals surface area (Å²) in [7, 11) is 1.80. The average molecular weight is 462 g/mol. The predicted octanol–water partition coefficient (Wildman–Crippen LogP) is 2.46. The molecule has 3 rings (SSSR count). The number of halogens is 1. The van der Waals surface area contributed by atoms with Crippen LogP contribution in [0.2, 0.25) is 0 Å². The molecule has 1 aliphatic carbocycles. The van der Waals surface area contributed by atoms with Gasteiger partial charge in [-0.1, -0.05) is 24.4 Å². The van der Waals surface area contributed by atoms with Gasteiger partial charge in [0, 0.05) is 32.6 Å². The highest BCUT2D eigenvalue weighted by atomic mass is 127. The van der Waals surface area contributed by atoms with Crippen molar-refractivity contribution in [2.24, 2.45) is 4.99 Å². The topological polar surface area (TPSA) is 78.6 Å². The van der Waals surface area contributed by atoms with Gasteiger partial charge in [0.05, 0.1) is 6.54 Å². The molecular formula is C17H31IN6O. The van der Waals surface area contributed by atoms with Crippen molar-refractivity contribution in [2.75, 3.05) is 20.1 Å². The maximum atomic E-state index is 4.99. The Morgan fingerprint density at radius 2 is 2.04 bits per heavy atom. The number of aryl methyl sites for hydroxylation is 1. The number of nitrogens with zero attached hydrogens (tertiary/aromatic N) is 4. The molecule has 2 heterocycles. The second-order valence-corrected chi connectivity index (χ2v) is 6.93. The zero-order valence-corrected chi connectivity index (χ0v) is 17.7. The molecule has 7 nitrogen and oxygen atoms in total. The molecular weight excluding hydrogens is 431 g/mol. The summed E-state index contributed by atoms with van der Waals surface area (Å²) in [6.45, 7) is 4.69. The average Bonchev–Trinajstić information content (AvgIpc) is 3.05. The molecule has 1 aromatic heterocycles. The van der Waals surface area contributed by atoms with Crippen LogP contribution in [0.4, 0.5) is 0 Å². The molecule has 0 spiro atoms. The van der Waals surface area contributed by atoms with Gasteiger partial charge in [-0.05, 0) is 32.2 Å². The monoisotopic (exact) mass is 462 g/mol. The van der Waals surface area contributed by atoms with E-state index in [1.165, 1.54) is 51.5 Å². The molecule has 1 atom stereocenters. The van der Waals surface area contributed by atoms with E-state index in [4.69, 9.17) is 4.52 Å². The Hall–Kier alpha value is -0.900. The molecule has 25 heavy (non-hydrogen) atoms. The molecule has 1 aromatic rings. The molecule has 8 heteroatoms. The molecule has 2 N–H and O–H groups in total. The fourth-order valence-electron chi connectivity index (χ4n) is 3.87. The Bertz CT molecular complexity index is 543. The standard InChI is InChI=1S/C17H30N6O.HI/c1-13-20-16(22-24-13)11-19-17(18-2)21-14-7-6-10-23(12-14)15-8-4-3-5-9-15;/h14-15H,3-12H2,1-2H3,(H2,18,19,21);1H. The first-order valence-corrected chi connectivity index (χ1v) is 9.25. The number of guanidine groups is 1. The van der Waals surface area contributed by atoms with Crippen molar-refractivity contribution in [3.8, 4) is 0 Å². The van der Waals surface area contributed by atoms with Crippen molar-refractivity contribution >= 4 is 29.9 Å². The van der Waals surface area contributed by atoms with Gasteiger partial charge >= 0.3 is 0 Å². The van der Waals surface area contributed by atoms with E-state index in [1.807, 2.05) is 0 Å². The number of aliphatic imine (C=N–C) groups is 1. The van der Waals surface area contributed by atoms with E-state index >= 15 is 0 Å². The van der Waals surface area contributed by atoms with E-state index in [2.05, 4.69) is 30.7 Å². The zero-order chi connectivity index (χ0) is 16.8. The molecule has 0 aromatic carbocycles. The number of hydrogen-bond acceptors (Lipinski definition) is 5. The van der Waals surface area contributed by atoms with Crippen LogP contribution in [0, 0.1) is 6.92 Å². The van der Waals surface area contributed by atoms with E-state index in [1.54, 1.807) is 14.0 Å². The van der Waals surface area contributed by atoms with Gasteiger partial charge in [0.15, 0.2) is 11.8 Å². The Balaban J connectivity index is 0.00000225. The molecule has 1 saturated carbocycles. The summed E-state index contributed by atoms with van der Waals surface area (Å²) >= 11 is 0. The summed E-state index contributed by atoms with van der Waals surface area (Å²) < 4.78 is 4.99. The molecule has 2 fully saturated rings. The third kappa shape index (κ3) is 6.09. The van der Waals surface area contributed by atoms with Crippen LogP contribution in [-0.4, -0.2) is 53.2 Å². The first-order valence-electron chi connectivity index (χ1n) is 9.25. The highest BCUT2D eigenvalue weighted by molar-refractivity contribution is 14.0. The Morgan fingerprint density at radius 1 is 1.24 bits per heavy atom. The van der Waals surface area contributed by atoms with Gasteiger partial charge in [-0.25, -0.2) is 0 Å². The van der Waals surface area contributed by atoms with E-state index < -0.39 is 0 Å². The smallest absolute Gasteiger partial charge is 0.223 e. The Morgan fingerprint density at radius 3 is 2.72 bits per heavy atom. The molecule has 142 valence electrons. The number of piperidine rings is 1. The Labute approximate surface area is 167 Å². The molecule has 0 bridgehead atoms. The van der Waals surface area contributed by atoms with Crippen molar-refractivity contribution in [1.29, 1.82) is 0 Å². The summed E-state index contributed by atoms with van der Waals surface area (Å²) in [5, 5.41) is 10.7. The lowest BCUT2D eigenvalue weighted by Crippen LogP contribution is -2.53. The first kappa shape index (κ1) is 20.4. The quantitative estimate of drug-likeness (QED) is 0.407. The fourth-order valence-corrected chi connectivity index (χ4v) is 3.87. The van der Waals surface area contributed by atoms with Gasteiger partial charge in [0.25, 0.3) is 0 Å². The number of aromatic nitrogens is 2. The van der Waals surface area contributed by atoms with Crippen LogP contribution in [0.25, 0.3) is 0 Å². The molecule has 1 unspecified atom stereocenters. The van der Waals surface area contributed by atoms with E-state index in [9.17, 15) is 0 Å². The molecule has 0 radical (unpaired) electrons. The van der Waals surface area contributed by atoms with Crippen molar-refractivity contribution in [2.45, 2.75) is 70.5 Å². The third-order valence-corrected chi connectivity index (χ3v) is 5.09. The number of rotatable bonds is 4. The number of hydrogen-bond donors (Lipinski definition) is 2. The van der Waals surface area contributed by atoms with Gasteiger partial charge in [-0.15, -0.1) is 24.0 Å². The maximum Gasteiger partial charge on any atom is 0.223 e. The number of likely N-dealkylation sites (tertiary alicyclic amines) is 1. The van der Waals surface area contributed by atoms with Crippen LogP contribution in [0.1, 0.15) is 56.7 Å². The minimum absolute atomic E-state index is 0. The van der Waals surface area contributed by atoms with Crippen LogP contribution < -0.4 is 10.6 Å². The molecule has 2 aliphatic rings. The van der Waals surface area contributed by atoms with Gasteiger partial charge in [0.2, 0.25) is 5.89 Å². The fraction of sp³-hybridized carbons (Fsp3) is 0.824. The van der Waals surface area contributed by atoms with Crippen LogP contribution in [0.3, 0.4) is 0 Å². The lowest BCUT2D eigenvalue weighted by molar-refractivity contribution is 0.115. The molecule has 0 amide bonds. The van der Waals surface area contributed by atoms with Crippen molar-refractivity contribution < 1.29 is 4.52 Å². The van der Waals surface area contributed by atoms with Crippen molar-refractivity contribution in [3.63, 3.8) is 0 Å². The SMILES string of the molecule is CN=C(NCc1noc(C)n1)NC1CCCN(C2CCCCC2)C1.I. The summed E-state index contributed by atoms with van der Waals surface area (Å²) in [5.41, 5.74) is 0. The minimum atomic E-state index is 0. The van der Waals surface area contributed by atoms with Crippen LogP contribution >= 0.6 is 24.0 Å². The van der Waals surface area contributed by atoms with Crippen LogP contribution in [0.5, 0.6) is 0 Å². The highest BCUT2D eigenvalue weighted by Gasteiger charge is 2.27. The maximum absolute atomic E-state index is 4.99. The van der Waals surface area contributed by atoms with Crippen molar-refractivity contribution in [1.82, 2.24) is 25.7 Å². The van der Waals surface area contributed by atoms with Gasteiger partial charge in [0.1, 0.15) is 0 Å². The summed E-state index contributed by atoms with van der Waals surface area (Å²) in [6.07, 6.45) is 9.41. The lowest BCUT2D eigenvalue weighted by Gasteiger charge is -2.40. The Kier molecular flexibility index (Phi) is 8.41. The minimum Gasteiger partial charge on any atom is -0.352 e. The van der Waals surface area contributed by atoms with Crippen molar-refractivity contribution in [3.05, 3.63) is 11.7 Å². The summed E-state index contributed by atoms with van der Waals surface area (Å²) in [5.74, 6) is 2.06. The second kappa shape index (κ2) is 10.3. The normalized spacial score (nSPS) is 23.1. The second-order valence-electron chi connectivity index (χ2n) is 6.93. The molecule has 1 saturated heterocycles. The van der Waals surface area contributed by atoms with E-state index in [0.717, 1.165) is 18.5 Å². The van der Waals surface area contributed by atoms with Crippen LogP contribution in [0.15, 0.2) is 9.52 Å². The predicted molar refractivity (Wildman–Crippen MR) is 109 cm³/mol. The van der Waals surface area contributed by atoms with E-state index in [-0.39, 0.29) is 24.0 Å². The summed E-state index contributed by atoms with van der Waals surface area (Å²) in [6, 6.07) is 1.25. The zero-order valence-electron chi connectivity index (χ0n) is 15.3. The highest BCUT2D eigenvalue weighted by Crippen LogP contribution is 2.25. The summed E-state index contributed by atoms with van der Waals surface area (Å²) in [4.78, 5) is 11.2. The van der Waals surface area contributed by atoms with Crippen LogP contribution in [-0.2, 0) is 6.54 Å². The van der Waals surface area contributed by atoms with E-state index in [0.29, 0.717) is 24.3 Å². The molecule has 1 aliphatic heterocycles. The van der Waals surface area contributed by atoms with Gasteiger partial charge < -0.3 is 15.2 Å².